The molecule has 0 saturated carbocycles. The molecule has 170 valence electrons. The summed E-state index contributed by atoms with van der Waals surface area (Å²) >= 11 is 0. The molecular weight excluding hydrogens is 424 g/mol. The van der Waals surface area contributed by atoms with Gasteiger partial charge in [-0.1, -0.05) is 60.7 Å². The SMILES string of the molecule is O=C(/C=C/c1cn(Cc2ccccc2)nc1-c1ccccc1)N1CCN(c2ncccn2)CC1. The van der Waals surface area contributed by atoms with Crippen molar-refractivity contribution in [1.29, 1.82) is 0 Å². The van der Waals surface area contributed by atoms with Gasteiger partial charge in [-0.25, -0.2) is 9.97 Å². The van der Waals surface area contributed by atoms with Crippen molar-refractivity contribution in [3.05, 3.63) is 103 Å². The first-order valence-corrected chi connectivity index (χ1v) is 11.4. The molecule has 0 bridgehead atoms. The van der Waals surface area contributed by atoms with Crippen LogP contribution in [0.5, 0.6) is 0 Å². The quantitative estimate of drug-likeness (QED) is 0.419. The average Bonchev–Trinajstić information content (AvgIpc) is 3.31. The van der Waals surface area contributed by atoms with Crippen molar-refractivity contribution in [1.82, 2.24) is 24.6 Å². The highest BCUT2D eigenvalue weighted by Gasteiger charge is 2.21. The van der Waals surface area contributed by atoms with Gasteiger partial charge in [-0.2, -0.15) is 5.10 Å². The van der Waals surface area contributed by atoms with Gasteiger partial charge in [-0.05, 0) is 17.7 Å². The molecule has 0 radical (unpaired) electrons. The van der Waals surface area contributed by atoms with Crippen molar-refractivity contribution in [2.45, 2.75) is 6.54 Å². The van der Waals surface area contributed by atoms with Gasteiger partial charge in [0.05, 0.1) is 12.2 Å². The third kappa shape index (κ3) is 5.04. The predicted molar refractivity (Wildman–Crippen MR) is 133 cm³/mol. The first-order valence-electron chi connectivity index (χ1n) is 11.4. The Labute approximate surface area is 199 Å². The summed E-state index contributed by atoms with van der Waals surface area (Å²) < 4.78 is 1.93. The van der Waals surface area contributed by atoms with E-state index in [1.54, 1.807) is 24.5 Å². The zero-order valence-electron chi connectivity index (χ0n) is 18.9. The van der Waals surface area contributed by atoms with E-state index < -0.39 is 0 Å². The van der Waals surface area contributed by atoms with Crippen LogP contribution in [0.4, 0.5) is 5.95 Å². The van der Waals surface area contributed by atoms with Gasteiger partial charge in [0.25, 0.3) is 0 Å². The molecule has 5 rings (SSSR count). The fraction of sp³-hybridized carbons (Fsp3) is 0.185. The van der Waals surface area contributed by atoms with Crippen LogP contribution in [0.1, 0.15) is 11.1 Å². The minimum atomic E-state index is 0.00320. The third-order valence-electron chi connectivity index (χ3n) is 5.86. The highest BCUT2D eigenvalue weighted by Crippen LogP contribution is 2.24. The Kier molecular flexibility index (Phi) is 6.42. The summed E-state index contributed by atoms with van der Waals surface area (Å²) in [6, 6.07) is 22.1. The summed E-state index contributed by atoms with van der Waals surface area (Å²) in [5.74, 6) is 0.715. The average molecular weight is 451 g/mol. The van der Waals surface area contributed by atoms with Crippen molar-refractivity contribution in [2.24, 2.45) is 0 Å². The fourth-order valence-corrected chi connectivity index (χ4v) is 4.08. The molecule has 7 nitrogen and oxygen atoms in total. The molecule has 1 aliphatic rings. The predicted octanol–water partition coefficient (Wildman–Crippen LogP) is 3.75. The smallest absolute Gasteiger partial charge is 0.246 e. The lowest BCUT2D eigenvalue weighted by Crippen LogP contribution is -2.48. The Balaban J connectivity index is 1.30. The second-order valence-corrected chi connectivity index (χ2v) is 8.18. The summed E-state index contributed by atoms with van der Waals surface area (Å²) in [5, 5.41) is 4.83. The van der Waals surface area contributed by atoms with E-state index in [-0.39, 0.29) is 5.91 Å². The van der Waals surface area contributed by atoms with Crippen molar-refractivity contribution in [2.75, 3.05) is 31.1 Å². The molecule has 2 aromatic carbocycles. The van der Waals surface area contributed by atoms with Gasteiger partial charge >= 0.3 is 0 Å². The molecule has 34 heavy (non-hydrogen) atoms. The lowest BCUT2D eigenvalue weighted by atomic mass is 10.1. The zero-order chi connectivity index (χ0) is 23.2. The van der Waals surface area contributed by atoms with Gasteiger partial charge in [0.1, 0.15) is 0 Å². The highest BCUT2D eigenvalue weighted by atomic mass is 16.2. The maximum absolute atomic E-state index is 12.9. The van der Waals surface area contributed by atoms with Crippen LogP contribution in [0.15, 0.2) is 91.4 Å². The Hall–Kier alpha value is -4.26. The van der Waals surface area contributed by atoms with Crippen LogP contribution in [-0.4, -0.2) is 56.7 Å². The van der Waals surface area contributed by atoms with E-state index >= 15 is 0 Å². The van der Waals surface area contributed by atoms with E-state index in [9.17, 15) is 4.79 Å². The minimum absolute atomic E-state index is 0.00320. The van der Waals surface area contributed by atoms with E-state index in [1.807, 2.05) is 70.4 Å². The number of hydrogen-bond donors (Lipinski definition) is 0. The molecule has 4 aromatic rings. The molecule has 1 fully saturated rings. The Morgan fingerprint density at radius 2 is 1.53 bits per heavy atom. The van der Waals surface area contributed by atoms with Crippen LogP contribution < -0.4 is 4.90 Å². The molecule has 1 aliphatic heterocycles. The number of rotatable bonds is 6. The zero-order valence-corrected chi connectivity index (χ0v) is 18.9. The molecule has 1 saturated heterocycles. The molecule has 1 amide bonds. The number of benzene rings is 2. The molecule has 0 N–H and O–H groups in total. The van der Waals surface area contributed by atoms with E-state index in [1.165, 1.54) is 5.56 Å². The lowest BCUT2D eigenvalue weighted by Gasteiger charge is -2.34. The van der Waals surface area contributed by atoms with Crippen LogP contribution in [0.2, 0.25) is 0 Å². The van der Waals surface area contributed by atoms with Crippen molar-refractivity contribution in [3.63, 3.8) is 0 Å². The topological polar surface area (TPSA) is 67.2 Å². The van der Waals surface area contributed by atoms with Crippen LogP contribution in [0, 0.1) is 0 Å². The number of hydrogen-bond acceptors (Lipinski definition) is 5. The Morgan fingerprint density at radius 3 is 2.24 bits per heavy atom. The first-order chi connectivity index (χ1) is 16.8. The van der Waals surface area contributed by atoms with Crippen molar-refractivity contribution < 1.29 is 4.79 Å². The Morgan fingerprint density at radius 1 is 0.853 bits per heavy atom. The van der Waals surface area contributed by atoms with Gasteiger partial charge in [-0.15, -0.1) is 0 Å². The van der Waals surface area contributed by atoms with Gasteiger partial charge < -0.3 is 9.80 Å². The minimum Gasteiger partial charge on any atom is -0.337 e. The summed E-state index contributed by atoms with van der Waals surface area (Å²) in [4.78, 5) is 25.5. The molecule has 0 unspecified atom stereocenters. The Bertz CT molecular complexity index is 1250. The first kappa shape index (κ1) is 21.6. The number of carbonyl (C=O) groups excluding carboxylic acids is 1. The van der Waals surface area contributed by atoms with Crippen molar-refractivity contribution >= 4 is 17.9 Å². The number of carbonyl (C=O) groups is 1. The molecule has 0 spiro atoms. The number of aromatic nitrogens is 4. The summed E-state index contributed by atoms with van der Waals surface area (Å²) in [6.45, 7) is 3.38. The highest BCUT2D eigenvalue weighted by molar-refractivity contribution is 5.93. The molecule has 0 atom stereocenters. The van der Waals surface area contributed by atoms with Crippen LogP contribution in [0.25, 0.3) is 17.3 Å². The lowest BCUT2D eigenvalue weighted by molar-refractivity contribution is -0.126. The number of amides is 1. The maximum atomic E-state index is 12.9. The summed E-state index contributed by atoms with van der Waals surface area (Å²) in [5.41, 5.74) is 3.99. The van der Waals surface area contributed by atoms with Crippen LogP contribution in [-0.2, 0) is 11.3 Å². The second-order valence-electron chi connectivity index (χ2n) is 8.18. The number of nitrogens with zero attached hydrogens (tertiary/aromatic N) is 6. The largest absolute Gasteiger partial charge is 0.337 e. The normalized spacial score (nSPS) is 14.0. The molecular formula is C27H26N6O. The summed E-state index contributed by atoms with van der Waals surface area (Å²) in [7, 11) is 0. The number of piperazine rings is 1. The maximum Gasteiger partial charge on any atom is 0.246 e. The summed E-state index contributed by atoms with van der Waals surface area (Å²) in [6.07, 6.45) is 9.02. The standard InChI is InChI=1S/C27H26N6O/c34-25(31-16-18-32(19-17-31)27-28-14-7-15-29-27)13-12-24-21-33(20-22-8-3-1-4-9-22)30-26(24)23-10-5-2-6-11-23/h1-15,21H,16-20H2/b13-12+. The fourth-order valence-electron chi connectivity index (χ4n) is 4.08. The monoisotopic (exact) mass is 450 g/mol. The van der Waals surface area contributed by atoms with Crippen LogP contribution >= 0.6 is 0 Å². The van der Waals surface area contributed by atoms with Gasteiger partial charge in [0, 0.05) is 62.0 Å². The van der Waals surface area contributed by atoms with E-state index in [0.29, 0.717) is 38.7 Å². The molecule has 2 aromatic heterocycles. The molecule has 7 heteroatoms. The number of anilines is 1. The van der Waals surface area contributed by atoms with Gasteiger partial charge in [0.15, 0.2) is 0 Å². The van der Waals surface area contributed by atoms with Crippen LogP contribution in [0.3, 0.4) is 0 Å². The van der Waals surface area contributed by atoms with E-state index in [4.69, 9.17) is 5.10 Å². The van der Waals surface area contributed by atoms with E-state index in [0.717, 1.165) is 16.8 Å². The second kappa shape index (κ2) is 10.1. The third-order valence-corrected chi connectivity index (χ3v) is 5.86. The molecule has 3 heterocycles. The van der Waals surface area contributed by atoms with Crippen molar-refractivity contribution in [3.8, 4) is 11.3 Å². The van der Waals surface area contributed by atoms with E-state index in [2.05, 4.69) is 27.0 Å². The van der Waals surface area contributed by atoms with Gasteiger partial charge in [0.2, 0.25) is 11.9 Å². The van der Waals surface area contributed by atoms with Gasteiger partial charge in [-0.3, -0.25) is 9.48 Å². The molecule has 0 aliphatic carbocycles.